The smallest absolute Gasteiger partial charge is 0.129 e. The Hall–Kier alpha value is -6.26. The maximum absolute atomic E-state index is 5.32. The number of allylic oxidation sites excluding steroid dienone is 8. The molecule has 2 heterocycles. The Kier molecular flexibility index (Phi) is 7.83. The third kappa shape index (κ3) is 4.81. The van der Waals surface area contributed by atoms with Gasteiger partial charge < -0.3 is 15.1 Å². The van der Waals surface area contributed by atoms with Crippen LogP contribution in [0.2, 0.25) is 0 Å². The first kappa shape index (κ1) is 33.8. The fourth-order valence-electron chi connectivity index (χ4n) is 11.5. The van der Waals surface area contributed by atoms with Gasteiger partial charge in [0.15, 0.2) is 0 Å². The van der Waals surface area contributed by atoms with Crippen LogP contribution in [-0.2, 0) is 5.41 Å². The number of hydrogen-bond acceptors (Lipinski definition) is 1. The molecule has 1 fully saturated rings. The van der Waals surface area contributed by atoms with Gasteiger partial charge in [-0.15, -0.1) is 0 Å². The van der Waals surface area contributed by atoms with Crippen LogP contribution in [0.1, 0.15) is 59.2 Å². The summed E-state index contributed by atoms with van der Waals surface area (Å²) in [5.74, 6) is 0.474. The van der Waals surface area contributed by atoms with Gasteiger partial charge in [0, 0.05) is 41.5 Å². The molecule has 6 aromatic rings. The van der Waals surface area contributed by atoms with Crippen molar-refractivity contribution in [2.45, 2.75) is 49.0 Å². The molecule has 0 amide bonds. The number of anilines is 2. The number of hydrogen-bond donors (Lipinski definition) is 1. The molecule has 12 rings (SSSR count). The van der Waals surface area contributed by atoms with Crippen molar-refractivity contribution < 1.29 is 4.90 Å². The lowest BCUT2D eigenvalue weighted by Gasteiger charge is -2.58. The first-order valence-electron chi connectivity index (χ1n) is 21.1. The third-order valence-corrected chi connectivity index (χ3v) is 13.8. The van der Waals surface area contributed by atoms with Crippen molar-refractivity contribution >= 4 is 27.8 Å². The predicted molar refractivity (Wildman–Crippen MR) is 239 cm³/mol. The highest BCUT2D eigenvalue weighted by Gasteiger charge is 2.53. The van der Waals surface area contributed by atoms with Crippen LogP contribution in [0.15, 0.2) is 206 Å². The zero-order valence-electron chi connectivity index (χ0n) is 32.5. The largest absolute Gasteiger partial charge is 0.548 e. The first-order chi connectivity index (χ1) is 28.8. The molecule has 3 nitrogen and oxygen atoms in total. The molecule has 280 valence electrons. The normalized spacial score (nSPS) is 27.2. The molecule has 7 unspecified atom stereocenters. The van der Waals surface area contributed by atoms with E-state index < -0.39 is 0 Å². The Morgan fingerprint density at radius 1 is 0.638 bits per heavy atom. The number of rotatable bonds is 6. The van der Waals surface area contributed by atoms with Gasteiger partial charge in [0.25, 0.3) is 0 Å². The number of fused-ring (bicyclic) bond motifs is 10. The summed E-state index contributed by atoms with van der Waals surface area (Å²) in [6.07, 6.45) is 29.1. The summed E-state index contributed by atoms with van der Waals surface area (Å²) < 4.78 is 0. The van der Waals surface area contributed by atoms with Crippen LogP contribution in [0.25, 0.3) is 27.2 Å². The molecular weight excluding hydrogens is 703 g/mol. The Labute approximate surface area is 341 Å². The summed E-state index contributed by atoms with van der Waals surface area (Å²) in [6.45, 7) is 0. The summed E-state index contributed by atoms with van der Waals surface area (Å²) in [5.41, 5.74) is 14.6. The molecule has 4 aliphatic carbocycles. The Bertz CT molecular complexity index is 2770. The molecule has 0 spiro atoms. The molecular formula is C55H45N3. The zero-order chi connectivity index (χ0) is 38.2. The van der Waals surface area contributed by atoms with E-state index in [2.05, 4.69) is 205 Å². The van der Waals surface area contributed by atoms with Crippen LogP contribution in [0.4, 0.5) is 17.1 Å². The van der Waals surface area contributed by atoms with Crippen molar-refractivity contribution in [3.63, 3.8) is 0 Å². The molecule has 0 saturated carbocycles. The SMILES string of the molecule is C1=CCC(C2(c3ccccc3)c3ccccc3-c3c4c(c5ccccc5c32)N(c2ccc([NH+]3C(C5=CCCC=C5)[N-]C3c3ccccc3)cc2)C2C=CC=CC42)C=C1. The molecule has 7 atom stereocenters. The van der Waals surface area contributed by atoms with Crippen LogP contribution in [0, 0.1) is 5.92 Å². The average Bonchev–Trinajstić information content (AvgIpc) is 3.80. The number of benzene rings is 6. The Morgan fingerprint density at radius 3 is 2.17 bits per heavy atom. The molecule has 6 aromatic carbocycles. The van der Waals surface area contributed by atoms with Crippen molar-refractivity contribution in [1.29, 1.82) is 0 Å². The van der Waals surface area contributed by atoms with E-state index in [-0.39, 0.29) is 35.6 Å². The van der Waals surface area contributed by atoms with Crippen LogP contribution in [-0.4, -0.2) is 12.2 Å². The maximum Gasteiger partial charge on any atom is 0.129 e. The molecule has 1 saturated heterocycles. The second-order valence-electron chi connectivity index (χ2n) is 16.6. The summed E-state index contributed by atoms with van der Waals surface area (Å²) in [5, 5.41) is 7.99. The van der Waals surface area contributed by atoms with Gasteiger partial charge in [0.2, 0.25) is 0 Å². The minimum absolute atomic E-state index is 0.0718. The van der Waals surface area contributed by atoms with Crippen LogP contribution >= 0.6 is 0 Å². The van der Waals surface area contributed by atoms with E-state index in [0.29, 0.717) is 0 Å². The molecule has 0 bridgehead atoms. The number of nitrogens with zero attached hydrogens (tertiary/aromatic N) is 2. The van der Waals surface area contributed by atoms with E-state index in [1.54, 1.807) is 0 Å². The Morgan fingerprint density at radius 2 is 1.38 bits per heavy atom. The fourth-order valence-corrected chi connectivity index (χ4v) is 11.5. The van der Waals surface area contributed by atoms with Gasteiger partial charge in [-0.05, 0) is 87.2 Å². The third-order valence-electron chi connectivity index (χ3n) is 13.8. The summed E-state index contributed by atoms with van der Waals surface area (Å²) in [7, 11) is 0. The number of quaternary nitrogens is 1. The maximum atomic E-state index is 5.32. The average molecular weight is 748 g/mol. The summed E-state index contributed by atoms with van der Waals surface area (Å²) in [6, 6.07) is 50.5. The molecule has 0 radical (unpaired) electrons. The van der Waals surface area contributed by atoms with Crippen LogP contribution < -0.4 is 9.80 Å². The van der Waals surface area contributed by atoms with Crippen molar-refractivity contribution in [2.24, 2.45) is 5.92 Å². The fraction of sp³-hybridized carbons (Fsp3) is 0.164. The summed E-state index contributed by atoms with van der Waals surface area (Å²) in [4.78, 5) is 4.06. The quantitative estimate of drug-likeness (QED) is 0.180. The molecule has 6 aliphatic rings. The highest BCUT2D eigenvalue weighted by atomic mass is 15.5. The van der Waals surface area contributed by atoms with Gasteiger partial charge in [0.05, 0.1) is 17.1 Å². The highest BCUT2D eigenvalue weighted by molar-refractivity contribution is 6.10. The molecule has 1 N–H and O–H groups in total. The lowest BCUT2D eigenvalue weighted by molar-refractivity contribution is -0.914. The van der Waals surface area contributed by atoms with Crippen LogP contribution in [0.5, 0.6) is 0 Å². The highest BCUT2D eigenvalue weighted by Crippen LogP contribution is 2.65. The lowest BCUT2D eigenvalue weighted by Crippen LogP contribution is -3.17. The predicted octanol–water partition coefficient (Wildman–Crippen LogP) is 12.2. The molecule has 58 heavy (non-hydrogen) atoms. The second-order valence-corrected chi connectivity index (χ2v) is 16.6. The van der Waals surface area contributed by atoms with Gasteiger partial charge in [-0.25, -0.2) is 0 Å². The van der Waals surface area contributed by atoms with E-state index >= 15 is 0 Å². The van der Waals surface area contributed by atoms with E-state index in [9.17, 15) is 0 Å². The monoisotopic (exact) mass is 747 g/mol. The second kappa shape index (κ2) is 13.4. The van der Waals surface area contributed by atoms with E-state index in [1.807, 2.05) is 0 Å². The standard InChI is InChI=1S/C55H44N3/c1-5-19-37(20-6-1)53-56-54(38-21-7-2-8-22-38)58(53)42-35-33-41(34-36-42)57-48-32-18-16-30-46(48)50-49-45-29-15-17-31-47(45)55(39-23-9-3-10-24-39,40-25-11-4-12-26-40)51(49)43-27-13-14-28-44(43)52(50)57/h1,3-7,9-25,27-36,40,46,48,53-54H,2,8,26H2/q-1/p+1. The van der Waals surface area contributed by atoms with Crippen molar-refractivity contribution in [1.82, 2.24) is 0 Å². The summed E-state index contributed by atoms with van der Waals surface area (Å²) >= 11 is 0. The molecule has 0 aromatic heterocycles. The van der Waals surface area contributed by atoms with Gasteiger partial charge >= 0.3 is 0 Å². The van der Waals surface area contributed by atoms with Gasteiger partial charge in [-0.1, -0.05) is 176 Å². The van der Waals surface area contributed by atoms with Crippen molar-refractivity contribution in [2.75, 3.05) is 4.90 Å². The molecule has 2 aliphatic heterocycles. The Balaban J connectivity index is 1.06. The minimum Gasteiger partial charge on any atom is -0.548 e. The number of nitrogens with one attached hydrogen (secondary N) is 1. The van der Waals surface area contributed by atoms with Crippen LogP contribution in [0.3, 0.4) is 0 Å². The zero-order valence-corrected chi connectivity index (χ0v) is 32.5. The van der Waals surface area contributed by atoms with E-state index in [0.717, 1.165) is 19.3 Å². The van der Waals surface area contributed by atoms with Gasteiger partial charge in [0.1, 0.15) is 5.69 Å². The topological polar surface area (TPSA) is 21.8 Å². The van der Waals surface area contributed by atoms with E-state index in [1.165, 1.54) is 77.3 Å². The van der Waals surface area contributed by atoms with E-state index in [4.69, 9.17) is 5.32 Å². The van der Waals surface area contributed by atoms with Crippen molar-refractivity contribution in [3.8, 4) is 11.1 Å². The minimum atomic E-state index is -0.346. The van der Waals surface area contributed by atoms with Gasteiger partial charge in [-0.2, -0.15) is 0 Å². The first-order valence-corrected chi connectivity index (χ1v) is 21.1. The van der Waals surface area contributed by atoms with Crippen molar-refractivity contribution in [3.05, 3.63) is 239 Å². The van der Waals surface area contributed by atoms with Gasteiger partial charge in [-0.3, -0.25) is 0 Å². The lowest BCUT2D eigenvalue weighted by atomic mass is 9.61. The molecule has 3 heteroatoms.